The van der Waals surface area contributed by atoms with Crippen molar-refractivity contribution in [1.29, 1.82) is 0 Å². The first-order valence-electron chi connectivity index (χ1n) is 4.27. The Hall–Kier alpha value is -1.36. The van der Waals surface area contributed by atoms with Gasteiger partial charge in [0.05, 0.1) is 26.4 Å². The van der Waals surface area contributed by atoms with Crippen LogP contribution in [0.3, 0.4) is 0 Å². The first-order chi connectivity index (χ1) is 7.13. The highest BCUT2D eigenvalue weighted by Crippen LogP contribution is 2.34. The Morgan fingerprint density at radius 2 is 1.80 bits per heavy atom. The van der Waals surface area contributed by atoms with Crippen LogP contribution in [-0.4, -0.2) is 19.3 Å². The summed E-state index contributed by atoms with van der Waals surface area (Å²) in [6.07, 6.45) is -2.64. The highest BCUT2D eigenvalue weighted by atomic mass is 19.3. The number of alkyl halides is 2. The molecule has 0 bridgehead atoms. The average molecular weight is 218 g/mol. The van der Waals surface area contributed by atoms with E-state index in [1.165, 1.54) is 26.4 Å². The van der Waals surface area contributed by atoms with E-state index in [0.717, 1.165) is 0 Å². The molecule has 0 aliphatic carbocycles. The number of benzene rings is 1. The molecule has 0 radical (unpaired) electrons. The summed E-state index contributed by atoms with van der Waals surface area (Å²) in [6, 6.07) is 2.52. The van der Waals surface area contributed by atoms with E-state index in [4.69, 9.17) is 14.6 Å². The molecule has 5 heteroatoms. The zero-order valence-corrected chi connectivity index (χ0v) is 8.46. The number of methoxy groups -OCH3 is 2. The van der Waals surface area contributed by atoms with Gasteiger partial charge < -0.3 is 14.6 Å². The van der Waals surface area contributed by atoms with Gasteiger partial charge in [0.2, 0.25) is 0 Å². The third kappa shape index (κ3) is 2.36. The average Bonchev–Trinajstić information content (AvgIpc) is 2.26. The molecular weight excluding hydrogens is 206 g/mol. The zero-order valence-electron chi connectivity index (χ0n) is 8.46. The van der Waals surface area contributed by atoms with Gasteiger partial charge in [-0.25, -0.2) is 8.78 Å². The van der Waals surface area contributed by atoms with Crippen molar-refractivity contribution in [3.63, 3.8) is 0 Å². The molecule has 0 fully saturated rings. The fourth-order valence-electron chi connectivity index (χ4n) is 1.28. The summed E-state index contributed by atoms with van der Waals surface area (Å²) >= 11 is 0. The highest BCUT2D eigenvalue weighted by Gasteiger charge is 2.17. The number of ether oxygens (including phenoxy) is 2. The Labute approximate surface area is 86.2 Å². The van der Waals surface area contributed by atoms with Crippen LogP contribution >= 0.6 is 0 Å². The van der Waals surface area contributed by atoms with Crippen LogP contribution in [-0.2, 0) is 6.61 Å². The topological polar surface area (TPSA) is 38.7 Å². The van der Waals surface area contributed by atoms with Crippen molar-refractivity contribution in [2.75, 3.05) is 14.2 Å². The van der Waals surface area contributed by atoms with Gasteiger partial charge in [0.1, 0.15) is 11.5 Å². The normalized spacial score (nSPS) is 10.5. The summed E-state index contributed by atoms with van der Waals surface area (Å²) in [6.45, 7) is -0.289. The molecule has 0 aliphatic rings. The third-order valence-electron chi connectivity index (χ3n) is 2.04. The smallest absolute Gasteiger partial charge is 0.267 e. The fraction of sp³-hybridized carbons (Fsp3) is 0.400. The van der Waals surface area contributed by atoms with Gasteiger partial charge in [-0.3, -0.25) is 0 Å². The molecule has 0 amide bonds. The van der Waals surface area contributed by atoms with Crippen LogP contribution < -0.4 is 9.47 Å². The summed E-state index contributed by atoms with van der Waals surface area (Å²) in [4.78, 5) is 0. The minimum absolute atomic E-state index is 0.0508. The van der Waals surface area contributed by atoms with Crippen LogP contribution in [0.1, 0.15) is 17.6 Å². The lowest BCUT2D eigenvalue weighted by atomic mass is 10.1. The molecule has 0 saturated carbocycles. The number of aliphatic hydroxyl groups excluding tert-OH is 1. The molecule has 0 aromatic heterocycles. The molecule has 3 nitrogen and oxygen atoms in total. The van der Waals surface area contributed by atoms with Crippen molar-refractivity contribution in [1.82, 2.24) is 0 Å². The number of halogens is 2. The Kier molecular flexibility index (Phi) is 3.85. The van der Waals surface area contributed by atoms with Crippen molar-refractivity contribution in [3.05, 3.63) is 23.3 Å². The third-order valence-corrected chi connectivity index (χ3v) is 2.04. The van der Waals surface area contributed by atoms with Crippen molar-refractivity contribution in [2.24, 2.45) is 0 Å². The first kappa shape index (κ1) is 11.7. The molecule has 0 atom stereocenters. The maximum absolute atomic E-state index is 12.6. The largest absolute Gasteiger partial charge is 0.496 e. The lowest BCUT2D eigenvalue weighted by Crippen LogP contribution is -1.98. The van der Waals surface area contributed by atoms with E-state index in [1.807, 2.05) is 0 Å². The number of hydrogen-bond donors (Lipinski definition) is 1. The molecule has 0 heterocycles. The van der Waals surface area contributed by atoms with E-state index in [2.05, 4.69) is 0 Å². The second-order valence-electron chi connectivity index (χ2n) is 2.86. The van der Waals surface area contributed by atoms with Gasteiger partial charge in [-0.05, 0) is 12.1 Å². The van der Waals surface area contributed by atoms with E-state index in [-0.39, 0.29) is 23.7 Å². The zero-order chi connectivity index (χ0) is 11.4. The van der Waals surface area contributed by atoms with Gasteiger partial charge in [0.15, 0.2) is 0 Å². The van der Waals surface area contributed by atoms with Gasteiger partial charge in [-0.2, -0.15) is 0 Å². The Bertz CT molecular complexity index is 340. The molecule has 0 saturated heterocycles. The SMILES string of the molecule is COc1cc(C(F)F)c(OC)cc1CO. The molecule has 15 heavy (non-hydrogen) atoms. The molecule has 0 unspecified atom stereocenters. The molecule has 1 aromatic rings. The van der Waals surface area contributed by atoms with E-state index < -0.39 is 6.43 Å². The van der Waals surface area contributed by atoms with E-state index in [1.54, 1.807) is 0 Å². The van der Waals surface area contributed by atoms with Gasteiger partial charge in [-0.1, -0.05) is 0 Å². The Morgan fingerprint density at radius 1 is 1.20 bits per heavy atom. The molecule has 84 valence electrons. The molecule has 1 N–H and O–H groups in total. The van der Waals surface area contributed by atoms with Crippen LogP contribution in [0.2, 0.25) is 0 Å². The lowest BCUT2D eigenvalue weighted by Gasteiger charge is -2.13. The minimum Gasteiger partial charge on any atom is -0.496 e. The lowest BCUT2D eigenvalue weighted by molar-refractivity contribution is 0.146. The molecule has 0 spiro atoms. The molecule has 0 aliphatic heterocycles. The summed E-state index contributed by atoms with van der Waals surface area (Å²) in [5, 5.41) is 8.98. The van der Waals surface area contributed by atoms with Crippen molar-refractivity contribution in [3.8, 4) is 11.5 Å². The molecule has 1 rings (SSSR count). The number of rotatable bonds is 4. The minimum atomic E-state index is -2.64. The quantitative estimate of drug-likeness (QED) is 0.841. The predicted octanol–water partition coefficient (Wildman–Crippen LogP) is 2.13. The van der Waals surface area contributed by atoms with Crippen LogP contribution in [0.4, 0.5) is 8.78 Å². The summed E-state index contributed by atoms with van der Waals surface area (Å²) in [7, 11) is 2.66. The first-order valence-corrected chi connectivity index (χ1v) is 4.27. The standard InChI is InChI=1S/C10H12F2O3/c1-14-8-4-7(10(11)12)9(15-2)3-6(8)5-13/h3-4,10,13H,5H2,1-2H3. The highest BCUT2D eigenvalue weighted by molar-refractivity contribution is 5.46. The van der Waals surface area contributed by atoms with Crippen molar-refractivity contribution < 1.29 is 23.4 Å². The van der Waals surface area contributed by atoms with Gasteiger partial charge in [-0.15, -0.1) is 0 Å². The monoisotopic (exact) mass is 218 g/mol. The molecular formula is C10H12F2O3. The van der Waals surface area contributed by atoms with E-state index >= 15 is 0 Å². The fourth-order valence-corrected chi connectivity index (χ4v) is 1.28. The Morgan fingerprint density at radius 3 is 2.20 bits per heavy atom. The van der Waals surface area contributed by atoms with Gasteiger partial charge >= 0.3 is 0 Å². The van der Waals surface area contributed by atoms with Gasteiger partial charge in [0.25, 0.3) is 6.43 Å². The second-order valence-corrected chi connectivity index (χ2v) is 2.86. The summed E-state index contributed by atoms with van der Waals surface area (Å²) in [5.74, 6) is 0.281. The summed E-state index contributed by atoms with van der Waals surface area (Å²) < 4.78 is 34.8. The van der Waals surface area contributed by atoms with Crippen molar-refractivity contribution >= 4 is 0 Å². The van der Waals surface area contributed by atoms with Crippen LogP contribution in [0.15, 0.2) is 12.1 Å². The maximum Gasteiger partial charge on any atom is 0.267 e. The maximum atomic E-state index is 12.6. The summed E-state index contributed by atoms with van der Waals surface area (Å²) in [5.41, 5.74) is 0.172. The number of aliphatic hydroxyl groups is 1. The second kappa shape index (κ2) is 4.93. The van der Waals surface area contributed by atoms with Crippen LogP contribution in [0.5, 0.6) is 11.5 Å². The predicted molar refractivity (Wildman–Crippen MR) is 50.4 cm³/mol. The van der Waals surface area contributed by atoms with Crippen LogP contribution in [0.25, 0.3) is 0 Å². The Balaban J connectivity index is 3.27. The van der Waals surface area contributed by atoms with E-state index in [0.29, 0.717) is 5.56 Å². The number of hydrogen-bond acceptors (Lipinski definition) is 3. The van der Waals surface area contributed by atoms with Crippen LogP contribution in [0, 0.1) is 0 Å². The molecule has 1 aromatic carbocycles. The van der Waals surface area contributed by atoms with Gasteiger partial charge in [0, 0.05) is 5.56 Å². The van der Waals surface area contributed by atoms with E-state index in [9.17, 15) is 8.78 Å². The van der Waals surface area contributed by atoms with Crippen molar-refractivity contribution in [2.45, 2.75) is 13.0 Å².